The molecule has 2 saturated heterocycles. The summed E-state index contributed by atoms with van der Waals surface area (Å²) in [6, 6.07) is -0.364. The van der Waals surface area contributed by atoms with Gasteiger partial charge in [0.15, 0.2) is 5.69 Å². The molecule has 1 atom stereocenters. The van der Waals surface area contributed by atoms with Crippen LogP contribution in [0.15, 0.2) is 10.7 Å². The van der Waals surface area contributed by atoms with Crippen LogP contribution in [-0.2, 0) is 11.3 Å². The summed E-state index contributed by atoms with van der Waals surface area (Å²) in [6.45, 7) is 5.94. The van der Waals surface area contributed by atoms with E-state index in [0.717, 1.165) is 51.9 Å². The van der Waals surface area contributed by atoms with Gasteiger partial charge in [-0.25, -0.2) is 9.78 Å². The van der Waals surface area contributed by atoms with Gasteiger partial charge in [0.25, 0.3) is 0 Å². The first-order valence-corrected chi connectivity index (χ1v) is 8.79. The first kappa shape index (κ1) is 17.9. The van der Waals surface area contributed by atoms with Crippen LogP contribution in [0, 0.1) is 5.41 Å². The quantitative estimate of drug-likeness (QED) is 0.794. The Morgan fingerprint density at radius 3 is 2.64 bits per heavy atom. The van der Waals surface area contributed by atoms with Gasteiger partial charge in [0.1, 0.15) is 12.3 Å². The lowest BCUT2D eigenvalue weighted by Gasteiger charge is -2.38. The molecule has 2 N–H and O–H groups in total. The van der Waals surface area contributed by atoms with E-state index >= 15 is 0 Å². The normalized spacial score (nSPS) is 24.0. The van der Waals surface area contributed by atoms with Crippen LogP contribution >= 0.6 is 0 Å². The maximum absolute atomic E-state index is 11.6. The fourth-order valence-electron chi connectivity index (χ4n) is 4.13. The number of carboxylic acids is 2. The molecule has 1 aromatic rings. The van der Waals surface area contributed by atoms with Crippen molar-refractivity contribution in [3.8, 4) is 0 Å². The molecule has 2 fully saturated rings. The summed E-state index contributed by atoms with van der Waals surface area (Å²) in [5.74, 6) is -1.39. The highest BCUT2D eigenvalue weighted by atomic mass is 16.4. The standard InChI is InChI=1S/C17H25N3O5/c1-2-5-20-11-17(8-13(20)16(23)24)3-6-19(7-4-17)9-14-18-12(10-25-14)15(21)22/h10,13H,2-9,11H2,1H3,(H,21,22)(H,23,24)/t13-/m0/s1. The molecule has 0 bridgehead atoms. The summed E-state index contributed by atoms with van der Waals surface area (Å²) in [4.78, 5) is 30.7. The first-order valence-electron chi connectivity index (χ1n) is 8.79. The Balaban J connectivity index is 1.57. The van der Waals surface area contributed by atoms with Gasteiger partial charge in [-0.15, -0.1) is 0 Å². The molecule has 138 valence electrons. The minimum Gasteiger partial charge on any atom is -0.480 e. The number of hydrogen-bond acceptors (Lipinski definition) is 6. The van der Waals surface area contributed by atoms with Crippen molar-refractivity contribution in [1.29, 1.82) is 0 Å². The van der Waals surface area contributed by atoms with Gasteiger partial charge in [-0.3, -0.25) is 14.6 Å². The zero-order chi connectivity index (χ0) is 18.0. The van der Waals surface area contributed by atoms with Gasteiger partial charge in [-0.05, 0) is 50.7 Å². The summed E-state index contributed by atoms with van der Waals surface area (Å²) in [7, 11) is 0. The molecule has 8 nitrogen and oxygen atoms in total. The molecular formula is C17H25N3O5. The van der Waals surface area contributed by atoms with Crippen LogP contribution in [0.4, 0.5) is 0 Å². The highest BCUT2D eigenvalue weighted by Gasteiger charge is 2.47. The van der Waals surface area contributed by atoms with E-state index in [2.05, 4.69) is 21.7 Å². The van der Waals surface area contributed by atoms with Gasteiger partial charge < -0.3 is 14.6 Å². The Labute approximate surface area is 146 Å². The largest absolute Gasteiger partial charge is 0.480 e. The molecule has 25 heavy (non-hydrogen) atoms. The van der Waals surface area contributed by atoms with Crippen molar-refractivity contribution >= 4 is 11.9 Å². The molecule has 0 radical (unpaired) electrons. The molecule has 2 aliphatic heterocycles. The average Bonchev–Trinajstić information content (AvgIpc) is 3.16. The summed E-state index contributed by atoms with van der Waals surface area (Å²) >= 11 is 0. The maximum Gasteiger partial charge on any atom is 0.357 e. The zero-order valence-electron chi connectivity index (χ0n) is 14.5. The van der Waals surface area contributed by atoms with E-state index in [1.54, 1.807) is 0 Å². The molecule has 8 heteroatoms. The van der Waals surface area contributed by atoms with Crippen LogP contribution in [0.3, 0.4) is 0 Å². The molecule has 0 aromatic carbocycles. The smallest absolute Gasteiger partial charge is 0.357 e. The van der Waals surface area contributed by atoms with Crippen LogP contribution in [0.2, 0.25) is 0 Å². The lowest BCUT2D eigenvalue weighted by Crippen LogP contribution is -2.41. The van der Waals surface area contributed by atoms with E-state index < -0.39 is 11.9 Å². The first-order chi connectivity index (χ1) is 11.9. The van der Waals surface area contributed by atoms with Crippen molar-refractivity contribution < 1.29 is 24.2 Å². The Bertz CT molecular complexity index is 636. The second kappa shape index (κ2) is 7.13. The number of aromatic carboxylic acids is 1. The molecular weight excluding hydrogens is 326 g/mol. The molecule has 1 spiro atoms. The van der Waals surface area contributed by atoms with Crippen molar-refractivity contribution in [3.63, 3.8) is 0 Å². The lowest BCUT2D eigenvalue weighted by atomic mass is 9.76. The van der Waals surface area contributed by atoms with Crippen LogP contribution in [-0.4, -0.2) is 69.2 Å². The fourth-order valence-corrected chi connectivity index (χ4v) is 4.13. The van der Waals surface area contributed by atoms with E-state index in [1.165, 1.54) is 6.26 Å². The minimum absolute atomic E-state index is 0.0706. The van der Waals surface area contributed by atoms with Gasteiger partial charge in [0, 0.05) is 6.54 Å². The Kier molecular flexibility index (Phi) is 5.10. The summed E-state index contributed by atoms with van der Waals surface area (Å²) in [5, 5.41) is 18.4. The summed E-state index contributed by atoms with van der Waals surface area (Å²) in [5.41, 5.74) is 0.0103. The van der Waals surface area contributed by atoms with Gasteiger partial charge in [-0.2, -0.15) is 0 Å². The number of piperidine rings is 1. The van der Waals surface area contributed by atoms with Crippen molar-refractivity contribution in [3.05, 3.63) is 17.8 Å². The topological polar surface area (TPSA) is 107 Å². The van der Waals surface area contributed by atoms with E-state index in [1.807, 2.05) is 0 Å². The second-order valence-electron chi connectivity index (χ2n) is 7.24. The van der Waals surface area contributed by atoms with Crippen molar-refractivity contribution in [2.24, 2.45) is 5.41 Å². The van der Waals surface area contributed by atoms with Gasteiger partial charge in [-0.1, -0.05) is 6.92 Å². The van der Waals surface area contributed by atoms with E-state index in [4.69, 9.17) is 9.52 Å². The molecule has 0 amide bonds. The number of oxazole rings is 1. The lowest BCUT2D eigenvalue weighted by molar-refractivity contribution is -0.142. The van der Waals surface area contributed by atoms with Crippen LogP contribution in [0.25, 0.3) is 0 Å². The van der Waals surface area contributed by atoms with E-state index in [9.17, 15) is 14.7 Å². The van der Waals surface area contributed by atoms with Gasteiger partial charge >= 0.3 is 11.9 Å². The highest BCUT2D eigenvalue weighted by molar-refractivity contribution is 5.84. The summed E-state index contributed by atoms with van der Waals surface area (Å²) < 4.78 is 5.22. The predicted molar refractivity (Wildman–Crippen MR) is 88.3 cm³/mol. The van der Waals surface area contributed by atoms with Crippen LogP contribution in [0.5, 0.6) is 0 Å². The Morgan fingerprint density at radius 2 is 2.08 bits per heavy atom. The zero-order valence-corrected chi connectivity index (χ0v) is 14.5. The fraction of sp³-hybridized carbons (Fsp3) is 0.706. The monoisotopic (exact) mass is 351 g/mol. The summed E-state index contributed by atoms with van der Waals surface area (Å²) in [6.07, 6.45) is 4.74. The molecule has 1 aromatic heterocycles. The average molecular weight is 351 g/mol. The van der Waals surface area contributed by atoms with Gasteiger partial charge in [0.05, 0.1) is 6.54 Å². The number of aromatic nitrogens is 1. The predicted octanol–water partition coefficient (Wildman–Crippen LogP) is 1.52. The van der Waals surface area contributed by atoms with Crippen LogP contribution < -0.4 is 0 Å². The number of hydrogen-bond donors (Lipinski definition) is 2. The number of carbonyl (C=O) groups is 2. The number of carboxylic acid groups (broad SMARTS) is 2. The Morgan fingerprint density at radius 1 is 1.36 bits per heavy atom. The number of aliphatic carboxylic acids is 1. The van der Waals surface area contributed by atoms with Crippen molar-refractivity contribution in [2.75, 3.05) is 26.2 Å². The van der Waals surface area contributed by atoms with Crippen molar-refractivity contribution in [2.45, 2.75) is 45.2 Å². The number of likely N-dealkylation sites (tertiary alicyclic amines) is 2. The van der Waals surface area contributed by atoms with E-state index in [0.29, 0.717) is 12.4 Å². The van der Waals surface area contributed by atoms with Gasteiger partial charge in [0.2, 0.25) is 5.89 Å². The van der Waals surface area contributed by atoms with E-state index in [-0.39, 0.29) is 17.2 Å². The second-order valence-corrected chi connectivity index (χ2v) is 7.24. The molecule has 3 heterocycles. The highest BCUT2D eigenvalue weighted by Crippen LogP contribution is 2.43. The third kappa shape index (κ3) is 3.85. The molecule has 0 saturated carbocycles. The SMILES string of the molecule is CCCN1CC2(CCN(Cc3nc(C(=O)O)co3)CC2)C[C@H]1C(=O)O. The number of rotatable bonds is 6. The molecule has 3 rings (SSSR count). The molecule has 2 aliphatic rings. The molecule has 0 aliphatic carbocycles. The number of nitrogens with zero attached hydrogens (tertiary/aromatic N) is 3. The maximum atomic E-state index is 11.6. The third-order valence-corrected chi connectivity index (χ3v) is 5.45. The van der Waals surface area contributed by atoms with Crippen LogP contribution in [0.1, 0.15) is 49.0 Å². The third-order valence-electron chi connectivity index (χ3n) is 5.45. The van der Waals surface area contributed by atoms with Crippen molar-refractivity contribution in [1.82, 2.24) is 14.8 Å². The molecule has 0 unspecified atom stereocenters. The minimum atomic E-state index is -1.09. The Hall–Kier alpha value is -1.93.